The first-order valence-corrected chi connectivity index (χ1v) is 10.9. The van der Waals surface area contributed by atoms with Crippen molar-refractivity contribution in [2.45, 2.75) is 32.4 Å². The first-order chi connectivity index (χ1) is 15.6. The third kappa shape index (κ3) is 7.64. The normalized spacial score (nSPS) is 14.7. The largest absolute Gasteiger partial charge is 0.490 e. The van der Waals surface area contributed by atoms with E-state index in [4.69, 9.17) is 19.9 Å². The Morgan fingerprint density at radius 2 is 1.91 bits per heavy atom. The Labute approximate surface area is 188 Å². The summed E-state index contributed by atoms with van der Waals surface area (Å²) in [5.41, 5.74) is 6.96. The summed E-state index contributed by atoms with van der Waals surface area (Å²) in [6.07, 6.45) is 3.08. The molecule has 0 aliphatic carbocycles. The Morgan fingerprint density at radius 3 is 2.59 bits per heavy atom. The first kappa shape index (κ1) is 23.2. The van der Waals surface area contributed by atoms with Crippen LogP contribution < -0.4 is 20.5 Å². The van der Waals surface area contributed by atoms with Crippen molar-refractivity contribution in [3.8, 4) is 11.6 Å². The zero-order valence-corrected chi connectivity index (χ0v) is 18.4. The van der Waals surface area contributed by atoms with E-state index in [9.17, 15) is 4.79 Å². The molecule has 9 nitrogen and oxygen atoms in total. The molecular formula is C23H31N5O4. The van der Waals surface area contributed by atoms with Crippen molar-refractivity contribution in [2.75, 3.05) is 32.9 Å². The number of hydrogen-bond donors (Lipinski definition) is 2. The lowest BCUT2D eigenvalue weighted by molar-refractivity contribution is 0.0963. The number of piperidine rings is 1. The highest BCUT2D eigenvalue weighted by atomic mass is 16.6. The van der Waals surface area contributed by atoms with Crippen LogP contribution in [0.15, 0.2) is 53.7 Å². The highest BCUT2D eigenvalue weighted by Crippen LogP contribution is 2.12. The van der Waals surface area contributed by atoms with Gasteiger partial charge in [-0.15, -0.1) is 0 Å². The fourth-order valence-electron chi connectivity index (χ4n) is 3.26. The molecule has 1 fully saturated rings. The van der Waals surface area contributed by atoms with E-state index in [1.165, 1.54) is 0 Å². The second-order valence-electron chi connectivity index (χ2n) is 7.32. The number of nitrogens with zero attached hydrogens (tertiary/aromatic N) is 3. The van der Waals surface area contributed by atoms with Gasteiger partial charge in [0.05, 0.1) is 13.2 Å². The van der Waals surface area contributed by atoms with Gasteiger partial charge in [-0.3, -0.25) is 0 Å². The number of aromatic nitrogens is 1. The maximum atomic E-state index is 11.8. The predicted molar refractivity (Wildman–Crippen MR) is 122 cm³/mol. The first-order valence-electron chi connectivity index (χ1n) is 10.9. The molecule has 0 atom stereocenters. The Kier molecular flexibility index (Phi) is 8.97. The molecule has 172 valence electrons. The monoisotopic (exact) mass is 441 g/mol. The van der Waals surface area contributed by atoms with Gasteiger partial charge in [-0.05, 0) is 37.5 Å². The molecule has 2 heterocycles. The molecule has 0 radical (unpaired) electrons. The third-order valence-electron chi connectivity index (χ3n) is 4.95. The number of rotatable bonds is 9. The van der Waals surface area contributed by atoms with Crippen molar-refractivity contribution in [1.29, 1.82) is 0 Å². The molecule has 0 saturated carbocycles. The van der Waals surface area contributed by atoms with Crippen molar-refractivity contribution in [3.63, 3.8) is 0 Å². The minimum absolute atomic E-state index is 0.191. The van der Waals surface area contributed by atoms with E-state index in [0.29, 0.717) is 51.3 Å². The summed E-state index contributed by atoms with van der Waals surface area (Å²) in [6.45, 7) is 4.76. The summed E-state index contributed by atoms with van der Waals surface area (Å²) < 4.78 is 16.2. The molecule has 1 saturated heterocycles. The summed E-state index contributed by atoms with van der Waals surface area (Å²) in [5.74, 6) is 1.74. The lowest BCUT2D eigenvalue weighted by Crippen LogP contribution is -2.48. The zero-order chi connectivity index (χ0) is 22.6. The number of guanidine groups is 1. The number of aliphatic imine (C=N–C) groups is 1. The average Bonchev–Trinajstić information content (AvgIpc) is 2.82. The molecule has 1 amide bonds. The number of para-hydroxylation sites is 1. The van der Waals surface area contributed by atoms with Crippen LogP contribution in [-0.2, 0) is 11.3 Å². The molecule has 9 heteroatoms. The number of benzene rings is 1. The van der Waals surface area contributed by atoms with Gasteiger partial charge in [0.25, 0.3) is 0 Å². The van der Waals surface area contributed by atoms with Crippen LogP contribution >= 0.6 is 0 Å². The molecule has 3 N–H and O–H groups in total. The number of carbonyl (C=O) groups is 1. The number of pyridine rings is 1. The highest BCUT2D eigenvalue weighted by Gasteiger charge is 2.23. The molecule has 32 heavy (non-hydrogen) atoms. The Balaban J connectivity index is 1.34. The maximum absolute atomic E-state index is 11.8. The molecule has 0 unspecified atom stereocenters. The summed E-state index contributed by atoms with van der Waals surface area (Å²) in [5, 5.41) is 3.23. The predicted octanol–water partition coefficient (Wildman–Crippen LogP) is 2.56. The Bertz CT molecular complexity index is 852. The van der Waals surface area contributed by atoms with E-state index in [2.05, 4.69) is 15.3 Å². The van der Waals surface area contributed by atoms with Crippen LogP contribution in [0.3, 0.4) is 0 Å². The number of amides is 1. The minimum atomic E-state index is -0.253. The molecule has 0 spiro atoms. The van der Waals surface area contributed by atoms with Crippen LogP contribution in [0.4, 0.5) is 4.79 Å². The molecule has 3 rings (SSSR count). The SMILES string of the molecule is CCOC(=O)N1CCC(NC(N)=NCc2ccc(OCCOc3ccccc3)nc2)CC1. The summed E-state index contributed by atoms with van der Waals surface area (Å²) in [6, 6.07) is 13.5. The second-order valence-corrected chi connectivity index (χ2v) is 7.32. The average molecular weight is 442 g/mol. The highest BCUT2D eigenvalue weighted by molar-refractivity contribution is 5.78. The van der Waals surface area contributed by atoms with Crippen LogP contribution in [0.5, 0.6) is 11.6 Å². The van der Waals surface area contributed by atoms with Crippen molar-refractivity contribution in [2.24, 2.45) is 10.7 Å². The molecular weight excluding hydrogens is 410 g/mol. The van der Waals surface area contributed by atoms with Crippen LogP contribution in [0, 0.1) is 0 Å². The number of carbonyl (C=O) groups excluding carboxylic acids is 1. The van der Waals surface area contributed by atoms with E-state index in [-0.39, 0.29) is 12.1 Å². The van der Waals surface area contributed by atoms with Gasteiger partial charge in [-0.1, -0.05) is 24.3 Å². The number of likely N-dealkylation sites (tertiary alicyclic amines) is 1. The topological polar surface area (TPSA) is 111 Å². The quantitative estimate of drug-likeness (QED) is 0.349. The Morgan fingerprint density at radius 1 is 1.16 bits per heavy atom. The molecule has 1 aliphatic heterocycles. The van der Waals surface area contributed by atoms with Gasteiger partial charge in [-0.25, -0.2) is 14.8 Å². The van der Waals surface area contributed by atoms with Crippen LogP contribution in [0.1, 0.15) is 25.3 Å². The molecule has 1 aliphatic rings. The number of nitrogens with one attached hydrogen (secondary N) is 1. The smallest absolute Gasteiger partial charge is 0.409 e. The van der Waals surface area contributed by atoms with E-state index in [1.54, 1.807) is 11.1 Å². The number of ether oxygens (including phenoxy) is 3. The number of nitrogens with two attached hydrogens (primary N) is 1. The van der Waals surface area contributed by atoms with Crippen molar-refractivity contribution in [1.82, 2.24) is 15.2 Å². The van der Waals surface area contributed by atoms with Gasteiger partial charge >= 0.3 is 6.09 Å². The maximum Gasteiger partial charge on any atom is 0.409 e. The lowest BCUT2D eigenvalue weighted by Gasteiger charge is -2.31. The summed E-state index contributed by atoms with van der Waals surface area (Å²) in [7, 11) is 0. The minimum Gasteiger partial charge on any atom is -0.490 e. The molecule has 1 aromatic carbocycles. The fraction of sp³-hybridized carbons (Fsp3) is 0.435. The van der Waals surface area contributed by atoms with Crippen molar-refractivity contribution in [3.05, 3.63) is 54.2 Å². The van der Waals surface area contributed by atoms with Crippen LogP contribution in [0.25, 0.3) is 0 Å². The standard InChI is InChI=1S/C23H31N5O4/c1-2-30-23(29)28-12-10-19(11-13-28)27-22(24)26-17-18-8-9-21(25-16-18)32-15-14-31-20-6-4-3-5-7-20/h3-9,16,19H,2,10-15,17H2,1H3,(H3,24,26,27). The van der Waals surface area contributed by atoms with Gasteiger partial charge in [0.1, 0.15) is 19.0 Å². The van der Waals surface area contributed by atoms with E-state index < -0.39 is 0 Å². The van der Waals surface area contributed by atoms with E-state index in [1.807, 2.05) is 49.4 Å². The zero-order valence-electron chi connectivity index (χ0n) is 18.4. The van der Waals surface area contributed by atoms with Crippen molar-refractivity contribution >= 4 is 12.1 Å². The van der Waals surface area contributed by atoms with Crippen LogP contribution in [-0.4, -0.2) is 60.9 Å². The van der Waals surface area contributed by atoms with Gasteiger partial charge in [-0.2, -0.15) is 0 Å². The third-order valence-corrected chi connectivity index (χ3v) is 4.95. The molecule has 1 aromatic heterocycles. The Hall–Kier alpha value is -3.49. The van der Waals surface area contributed by atoms with Gasteiger partial charge in [0.2, 0.25) is 5.88 Å². The lowest BCUT2D eigenvalue weighted by atomic mass is 10.1. The van der Waals surface area contributed by atoms with E-state index >= 15 is 0 Å². The summed E-state index contributed by atoms with van der Waals surface area (Å²) >= 11 is 0. The molecule has 0 bridgehead atoms. The van der Waals surface area contributed by atoms with Gasteiger partial charge < -0.3 is 30.2 Å². The van der Waals surface area contributed by atoms with Gasteiger partial charge in [0, 0.05) is 31.4 Å². The fourth-order valence-corrected chi connectivity index (χ4v) is 3.26. The molecule has 2 aromatic rings. The van der Waals surface area contributed by atoms with Crippen molar-refractivity contribution < 1.29 is 19.0 Å². The van der Waals surface area contributed by atoms with Crippen LogP contribution in [0.2, 0.25) is 0 Å². The number of hydrogen-bond acceptors (Lipinski definition) is 6. The van der Waals surface area contributed by atoms with Gasteiger partial charge in [0.15, 0.2) is 5.96 Å². The summed E-state index contributed by atoms with van der Waals surface area (Å²) in [4.78, 5) is 22.2. The van der Waals surface area contributed by atoms with E-state index in [0.717, 1.165) is 24.2 Å². The second kappa shape index (κ2) is 12.4.